The second kappa shape index (κ2) is 5.27. The normalized spacial score (nSPS) is 14.1. The Kier molecular flexibility index (Phi) is 3.31. The van der Waals surface area contributed by atoms with Crippen LogP contribution in [0.1, 0.15) is 23.8 Å². The minimum atomic E-state index is 0.211. The summed E-state index contributed by atoms with van der Waals surface area (Å²) < 4.78 is 8.31. The summed E-state index contributed by atoms with van der Waals surface area (Å²) in [5, 5.41) is 1.18. The summed E-state index contributed by atoms with van der Waals surface area (Å²) in [6.45, 7) is 6.74. The Morgan fingerprint density at radius 1 is 1.08 bits per heavy atom. The van der Waals surface area contributed by atoms with Gasteiger partial charge in [-0.25, -0.2) is 4.57 Å². The quantitative estimate of drug-likeness (QED) is 0.507. The molecular weight excluding hydrogens is 295 g/mol. The summed E-state index contributed by atoms with van der Waals surface area (Å²) in [4.78, 5) is 2.35. The average molecular weight is 317 g/mol. The van der Waals surface area contributed by atoms with Crippen molar-refractivity contribution in [2.75, 3.05) is 11.9 Å². The van der Waals surface area contributed by atoms with Gasteiger partial charge in [-0.3, -0.25) is 0 Å². The van der Waals surface area contributed by atoms with Gasteiger partial charge < -0.3 is 9.23 Å². The number of fused-ring (bicyclic) bond motifs is 3. The van der Waals surface area contributed by atoms with Crippen LogP contribution in [0.4, 0.5) is 5.69 Å². The van der Waals surface area contributed by atoms with E-state index in [0.717, 1.165) is 11.3 Å². The van der Waals surface area contributed by atoms with Crippen LogP contribution in [0.2, 0.25) is 0 Å². The first-order valence-corrected chi connectivity index (χ1v) is 8.36. The number of nitrogens with zero attached hydrogens (tertiary/aromatic N) is 2. The van der Waals surface area contributed by atoms with Gasteiger partial charge in [0.2, 0.25) is 0 Å². The Morgan fingerprint density at radius 3 is 2.62 bits per heavy atom. The minimum Gasteiger partial charge on any atom is -0.455 e. The van der Waals surface area contributed by atoms with Crippen molar-refractivity contribution in [3.63, 3.8) is 0 Å². The average Bonchev–Trinajstić information content (AvgIpc) is 2.90. The van der Waals surface area contributed by atoms with E-state index < -0.39 is 0 Å². The van der Waals surface area contributed by atoms with Gasteiger partial charge in [0.05, 0.1) is 5.69 Å². The molecule has 24 heavy (non-hydrogen) atoms. The first kappa shape index (κ1) is 15.1. The van der Waals surface area contributed by atoms with Crippen LogP contribution >= 0.6 is 0 Å². The number of hydrogen-bond acceptors (Lipinski definition) is 2. The first-order valence-electron chi connectivity index (χ1n) is 8.36. The maximum Gasteiger partial charge on any atom is 0.399 e. The van der Waals surface area contributed by atoms with E-state index >= 15 is 0 Å². The summed E-state index contributed by atoms with van der Waals surface area (Å²) >= 11 is 0. The molecule has 0 amide bonds. The molecule has 0 aliphatic carbocycles. The Bertz CT molecular complexity index is 987. The number of furan rings is 1. The zero-order valence-corrected chi connectivity index (χ0v) is 14.9. The molecule has 4 rings (SSSR count). The molecule has 0 bridgehead atoms. The number of benzene rings is 1. The van der Waals surface area contributed by atoms with Crippen LogP contribution in [0, 0.1) is 13.8 Å². The van der Waals surface area contributed by atoms with E-state index in [2.05, 4.69) is 74.7 Å². The van der Waals surface area contributed by atoms with Gasteiger partial charge in [-0.05, 0) is 51.6 Å². The topological polar surface area (TPSA) is 20.3 Å². The highest BCUT2D eigenvalue weighted by atomic mass is 16.3. The Labute approximate surface area is 143 Å². The van der Waals surface area contributed by atoms with Gasteiger partial charge in [-0.15, -0.1) is 0 Å². The largest absolute Gasteiger partial charge is 0.455 e. The molecule has 0 saturated carbocycles. The van der Waals surface area contributed by atoms with Crippen molar-refractivity contribution in [2.45, 2.75) is 20.8 Å². The van der Waals surface area contributed by atoms with Crippen molar-refractivity contribution in [3.05, 3.63) is 58.9 Å². The summed E-state index contributed by atoms with van der Waals surface area (Å²) in [5.74, 6) is 0.957. The van der Waals surface area contributed by atoms with Crippen LogP contribution in [-0.4, -0.2) is 13.9 Å². The summed E-state index contributed by atoms with van der Waals surface area (Å²) in [7, 11) is 4.29. The van der Waals surface area contributed by atoms with Crippen molar-refractivity contribution < 1.29 is 8.98 Å². The van der Waals surface area contributed by atoms with Crippen LogP contribution in [0.5, 0.6) is 0 Å². The molecule has 0 radical (unpaired) electrons. The van der Waals surface area contributed by atoms with Crippen molar-refractivity contribution in [2.24, 2.45) is 7.05 Å². The lowest BCUT2D eigenvalue weighted by atomic mass is 9.49. The van der Waals surface area contributed by atoms with Gasteiger partial charge in [-0.1, -0.05) is 17.6 Å². The third-order valence-corrected chi connectivity index (χ3v) is 5.19. The number of aromatic nitrogens is 1. The standard InChI is InChI=1S/C20H22BN2O/c1-13-10-19(22(4)12-14(13)2)21-15(3)11-18-20(23(21)5)16-8-6-7-9-17(16)24-18/h6-12H,1-5H3/q+1. The predicted molar refractivity (Wildman–Crippen MR) is 101 cm³/mol. The maximum atomic E-state index is 6.06. The molecule has 0 N–H and O–H groups in total. The monoisotopic (exact) mass is 317 g/mol. The first-order chi connectivity index (χ1) is 11.5. The molecule has 4 heteroatoms. The fourth-order valence-corrected chi connectivity index (χ4v) is 3.84. The molecule has 3 nitrogen and oxygen atoms in total. The fraction of sp³-hybridized carbons (Fsp3) is 0.250. The predicted octanol–water partition coefficient (Wildman–Crippen LogP) is 3.17. The molecule has 0 unspecified atom stereocenters. The van der Waals surface area contributed by atoms with E-state index in [1.54, 1.807) is 0 Å². The second-order valence-corrected chi connectivity index (χ2v) is 6.89. The highest BCUT2D eigenvalue weighted by Gasteiger charge is 2.38. The molecule has 3 heterocycles. The second-order valence-electron chi connectivity index (χ2n) is 6.89. The van der Waals surface area contributed by atoms with Crippen LogP contribution in [-0.2, 0) is 7.05 Å². The molecule has 0 atom stereocenters. The number of pyridine rings is 1. The van der Waals surface area contributed by atoms with E-state index in [0.29, 0.717) is 0 Å². The maximum absolute atomic E-state index is 6.06. The number of para-hydroxylation sites is 1. The summed E-state index contributed by atoms with van der Waals surface area (Å²) in [6, 6.07) is 10.6. The fourth-order valence-electron chi connectivity index (χ4n) is 3.84. The third kappa shape index (κ3) is 2.09. The van der Waals surface area contributed by atoms with Crippen molar-refractivity contribution in [3.8, 4) is 0 Å². The van der Waals surface area contributed by atoms with E-state index in [-0.39, 0.29) is 6.85 Å². The van der Waals surface area contributed by atoms with Gasteiger partial charge in [0.15, 0.2) is 11.8 Å². The van der Waals surface area contributed by atoms with Crippen LogP contribution in [0.25, 0.3) is 17.0 Å². The Balaban J connectivity index is 1.92. The molecule has 1 aliphatic rings. The number of hydrogen-bond donors (Lipinski definition) is 0. The number of allylic oxidation sites excluding steroid dienone is 1. The van der Waals surface area contributed by atoms with Crippen molar-refractivity contribution in [1.29, 1.82) is 0 Å². The number of rotatable bonds is 1. The molecule has 0 spiro atoms. The van der Waals surface area contributed by atoms with Gasteiger partial charge in [0.1, 0.15) is 18.4 Å². The Morgan fingerprint density at radius 2 is 1.83 bits per heavy atom. The SMILES string of the molecule is CC1=Cc2oc3ccccc3c2N(C)B1c1cc(C)c(C)c[n+]1C. The molecule has 2 aromatic heterocycles. The van der Waals surface area contributed by atoms with Crippen LogP contribution in [0.15, 0.2) is 46.4 Å². The Hall–Kier alpha value is -2.49. The molecule has 120 valence electrons. The van der Waals surface area contributed by atoms with Crippen molar-refractivity contribution in [1.82, 2.24) is 0 Å². The zero-order valence-electron chi connectivity index (χ0n) is 14.9. The molecule has 1 aromatic carbocycles. The van der Waals surface area contributed by atoms with Gasteiger partial charge >= 0.3 is 6.85 Å². The van der Waals surface area contributed by atoms with Crippen LogP contribution < -0.4 is 15.0 Å². The van der Waals surface area contributed by atoms with Gasteiger partial charge in [-0.2, -0.15) is 0 Å². The summed E-state index contributed by atoms with van der Waals surface area (Å²) in [6.07, 6.45) is 4.41. The lowest BCUT2D eigenvalue weighted by Crippen LogP contribution is -2.62. The van der Waals surface area contributed by atoms with Gasteiger partial charge in [0, 0.05) is 17.0 Å². The van der Waals surface area contributed by atoms with Gasteiger partial charge in [0.25, 0.3) is 0 Å². The van der Waals surface area contributed by atoms with E-state index in [1.165, 1.54) is 33.3 Å². The molecule has 1 aliphatic heterocycles. The van der Waals surface area contributed by atoms with E-state index in [4.69, 9.17) is 4.42 Å². The lowest BCUT2D eigenvalue weighted by Gasteiger charge is -2.29. The molecule has 3 aromatic rings. The zero-order chi connectivity index (χ0) is 17.0. The summed E-state index contributed by atoms with van der Waals surface area (Å²) in [5.41, 5.74) is 7.36. The third-order valence-electron chi connectivity index (χ3n) is 5.19. The highest BCUT2D eigenvalue weighted by Crippen LogP contribution is 2.38. The molecule has 0 fully saturated rings. The highest BCUT2D eigenvalue weighted by molar-refractivity contribution is 6.83. The number of aryl methyl sites for hydroxylation is 3. The molecule has 0 saturated heterocycles. The smallest absolute Gasteiger partial charge is 0.399 e. The van der Waals surface area contributed by atoms with E-state index in [9.17, 15) is 0 Å². The van der Waals surface area contributed by atoms with Crippen LogP contribution in [0.3, 0.4) is 0 Å². The van der Waals surface area contributed by atoms with Crippen molar-refractivity contribution >= 4 is 35.2 Å². The molecular formula is C20H22BN2O+. The lowest BCUT2D eigenvalue weighted by molar-refractivity contribution is -0.654. The minimum absolute atomic E-state index is 0.211. The number of anilines is 1. The van der Waals surface area contributed by atoms with E-state index in [1.807, 2.05) is 12.1 Å².